The lowest BCUT2D eigenvalue weighted by atomic mass is 10.0. The van der Waals surface area contributed by atoms with E-state index in [-0.39, 0.29) is 6.17 Å². The van der Waals surface area contributed by atoms with Crippen molar-refractivity contribution in [2.75, 3.05) is 20.1 Å². The van der Waals surface area contributed by atoms with Gasteiger partial charge in [-0.15, -0.1) is 11.3 Å². The fourth-order valence-corrected chi connectivity index (χ4v) is 5.75. The molecule has 7 heteroatoms. The van der Waals surface area contributed by atoms with Gasteiger partial charge in [0.2, 0.25) is 0 Å². The lowest BCUT2D eigenvalue weighted by Crippen LogP contribution is -2.40. The Morgan fingerprint density at radius 3 is 2.70 bits per heavy atom. The van der Waals surface area contributed by atoms with Crippen molar-refractivity contribution in [1.82, 2.24) is 25.0 Å². The molecule has 0 spiro atoms. The fraction of sp³-hybridized carbons (Fsp3) is 0.609. The average Bonchev–Trinajstić information content (AvgIpc) is 3.45. The first-order valence-corrected chi connectivity index (χ1v) is 12.2. The predicted octanol–water partition coefficient (Wildman–Crippen LogP) is 3.90. The van der Waals surface area contributed by atoms with Crippen LogP contribution in [0.2, 0.25) is 0 Å². The molecule has 1 aromatic heterocycles. The number of nitrogens with one attached hydrogen (secondary N) is 1. The van der Waals surface area contributed by atoms with Crippen molar-refractivity contribution in [2.24, 2.45) is 11.7 Å². The Morgan fingerprint density at radius 2 is 2.03 bits per heavy atom. The van der Waals surface area contributed by atoms with Gasteiger partial charge in [0.15, 0.2) is 0 Å². The highest BCUT2D eigenvalue weighted by Crippen LogP contribution is 2.41. The molecule has 2 aliphatic heterocycles. The molecule has 0 aromatic carbocycles. The maximum atomic E-state index is 5.73. The maximum absolute atomic E-state index is 5.73. The van der Waals surface area contributed by atoms with Crippen LogP contribution in [0, 0.1) is 12.8 Å². The van der Waals surface area contributed by atoms with Crippen molar-refractivity contribution in [3.05, 3.63) is 52.3 Å². The number of aryl methyl sites for hydroxylation is 1. The molecule has 3 N–H and O–H groups in total. The minimum atomic E-state index is 0.276. The normalized spacial score (nSPS) is 22.4. The van der Waals surface area contributed by atoms with Gasteiger partial charge in [-0.25, -0.2) is 4.98 Å². The van der Waals surface area contributed by atoms with E-state index < -0.39 is 0 Å². The molecule has 30 heavy (non-hydrogen) atoms. The van der Waals surface area contributed by atoms with Gasteiger partial charge >= 0.3 is 0 Å². The highest BCUT2D eigenvalue weighted by molar-refractivity contribution is 7.09. The fourth-order valence-electron chi connectivity index (χ4n) is 4.98. The third-order valence-electron chi connectivity index (χ3n) is 6.66. The quantitative estimate of drug-likeness (QED) is 0.613. The van der Waals surface area contributed by atoms with Crippen molar-refractivity contribution in [3.8, 4) is 0 Å². The number of aromatic nitrogens is 1. The number of hydrogen-bond donors (Lipinski definition) is 2. The first-order valence-electron chi connectivity index (χ1n) is 11.3. The Morgan fingerprint density at radius 1 is 1.27 bits per heavy atom. The lowest BCUT2D eigenvalue weighted by molar-refractivity contribution is 0.208. The van der Waals surface area contributed by atoms with E-state index in [2.05, 4.69) is 52.5 Å². The number of nitrogens with two attached hydrogens (primary N) is 1. The Labute approximate surface area is 185 Å². The predicted molar refractivity (Wildman–Crippen MR) is 124 cm³/mol. The van der Waals surface area contributed by atoms with Crippen molar-refractivity contribution < 1.29 is 0 Å². The van der Waals surface area contributed by atoms with Gasteiger partial charge in [0.25, 0.3) is 0 Å². The van der Waals surface area contributed by atoms with E-state index in [4.69, 9.17) is 10.7 Å². The largest absolute Gasteiger partial charge is 0.350 e. The number of hydrogen-bond acceptors (Lipinski definition) is 7. The molecule has 1 aliphatic carbocycles. The van der Waals surface area contributed by atoms with Crippen LogP contribution in [-0.4, -0.2) is 46.0 Å². The van der Waals surface area contributed by atoms with Gasteiger partial charge in [-0.2, -0.15) is 0 Å². The molecule has 0 radical (unpaired) electrons. The molecule has 0 amide bonds. The topological polar surface area (TPSA) is 60.7 Å². The number of thiazole rings is 1. The van der Waals surface area contributed by atoms with Gasteiger partial charge in [0, 0.05) is 24.7 Å². The summed E-state index contributed by atoms with van der Waals surface area (Å²) in [6, 6.07) is 0. The molecule has 3 heterocycles. The van der Waals surface area contributed by atoms with E-state index in [9.17, 15) is 0 Å². The van der Waals surface area contributed by atoms with Crippen LogP contribution in [0.1, 0.15) is 55.6 Å². The minimum Gasteiger partial charge on any atom is -0.350 e. The van der Waals surface area contributed by atoms with Gasteiger partial charge in [-0.3, -0.25) is 0 Å². The van der Waals surface area contributed by atoms with Gasteiger partial charge in [0.05, 0.1) is 12.2 Å². The lowest BCUT2D eigenvalue weighted by Gasteiger charge is -2.41. The molecule has 1 atom stereocenters. The van der Waals surface area contributed by atoms with E-state index in [0.717, 1.165) is 72.9 Å². The Bertz CT molecular complexity index is 821. The zero-order valence-electron chi connectivity index (χ0n) is 18.5. The summed E-state index contributed by atoms with van der Waals surface area (Å²) < 4.78 is 0. The molecule has 164 valence electrons. The summed E-state index contributed by atoms with van der Waals surface area (Å²) in [4.78, 5) is 11.7. The highest BCUT2D eigenvalue weighted by atomic mass is 32.1. The Balaban J connectivity index is 1.61. The SMILES string of the molecule is C=C1C2=C(NC(CC3CCCC3)N2Cc2nc(C)cs2)N(C)C(=C)N1CCCCN. The number of rotatable bonds is 8. The summed E-state index contributed by atoms with van der Waals surface area (Å²) in [6.45, 7) is 13.4. The molecule has 0 bridgehead atoms. The van der Waals surface area contributed by atoms with Crippen LogP contribution in [0.15, 0.2) is 41.6 Å². The number of unbranched alkanes of at least 4 members (excludes halogenated alkanes) is 1. The van der Waals surface area contributed by atoms with Gasteiger partial charge < -0.3 is 25.8 Å². The summed E-state index contributed by atoms with van der Waals surface area (Å²) in [7, 11) is 2.11. The second-order valence-corrected chi connectivity index (χ2v) is 9.77. The van der Waals surface area contributed by atoms with Gasteiger partial charge in [-0.05, 0) is 38.6 Å². The maximum Gasteiger partial charge on any atom is 0.135 e. The van der Waals surface area contributed by atoms with E-state index in [0.29, 0.717) is 0 Å². The van der Waals surface area contributed by atoms with Crippen molar-refractivity contribution in [1.29, 1.82) is 0 Å². The van der Waals surface area contributed by atoms with E-state index >= 15 is 0 Å². The van der Waals surface area contributed by atoms with E-state index in [1.807, 2.05) is 0 Å². The van der Waals surface area contributed by atoms with Crippen molar-refractivity contribution in [3.63, 3.8) is 0 Å². The summed E-state index contributed by atoms with van der Waals surface area (Å²) in [5, 5.41) is 7.14. The molecular weight excluding hydrogens is 392 g/mol. The van der Waals surface area contributed by atoms with E-state index in [1.54, 1.807) is 11.3 Å². The second kappa shape index (κ2) is 9.02. The zero-order valence-corrected chi connectivity index (χ0v) is 19.3. The standard InChI is InChI=1S/C23H36N6S/c1-16-15-30-21(25-16)14-29-20(13-19-9-5-6-10-19)26-23-22(29)17(2)28(12-8-7-11-24)18(3)27(23)4/h15,19-20,26H,2-3,5-14,24H2,1,4H3. The smallest absolute Gasteiger partial charge is 0.135 e. The molecule has 6 nitrogen and oxygen atoms in total. The first-order chi connectivity index (χ1) is 14.5. The summed E-state index contributed by atoms with van der Waals surface area (Å²) in [5.41, 5.74) is 9.07. The second-order valence-electron chi connectivity index (χ2n) is 8.82. The molecule has 1 saturated carbocycles. The molecule has 1 unspecified atom stereocenters. The third-order valence-corrected chi connectivity index (χ3v) is 7.62. The molecule has 4 rings (SSSR count). The van der Waals surface area contributed by atoms with Crippen LogP contribution in [-0.2, 0) is 6.54 Å². The highest BCUT2D eigenvalue weighted by Gasteiger charge is 2.41. The minimum absolute atomic E-state index is 0.276. The third kappa shape index (κ3) is 4.10. The van der Waals surface area contributed by atoms with Crippen LogP contribution < -0.4 is 11.1 Å². The first kappa shape index (κ1) is 21.2. The molecule has 0 saturated heterocycles. The van der Waals surface area contributed by atoms with Crippen LogP contribution >= 0.6 is 11.3 Å². The van der Waals surface area contributed by atoms with Crippen LogP contribution in [0.5, 0.6) is 0 Å². The zero-order chi connectivity index (χ0) is 21.3. The van der Waals surface area contributed by atoms with Crippen LogP contribution in [0.25, 0.3) is 0 Å². The van der Waals surface area contributed by atoms with Crippen molar-refractivity contribution in [2.45, 2.75) is 64.6 Å². The van der Waals surface area contributed by atoms with E-state index in [1.165, 1.54) is 31.4 Å². The summed E-state index contributed by atoms with van der Waals surface area (Å²) >= 11 is 1.75. The summed E-state index contributed by atoms with van der Waals surface area (Å²) in [5.74, 6) is 2.91. The van der Waals surface area contributed by atoms with Gasteiger partial charge in [0.1, 0.15) is 28.5 Å². The molecule has 3 aliphatic rings. The van der Waals surface area contributed by atoms with Crippen LogP contribution in [0.3, 0.4) is 0 Å². The Kier molecular flexibility index (Phi) is 6.39. The van der Waals surface area contributed by atoms with Crippen LogP contribution in [0.4, 0.5) is 0 Å². The molecule has 1 fully saturated rings. The monoisotopic (exact) mass is 428 g/mol. The molecular formula is C23H36N6S. The Hall–Kier alpha value is -1.99. The van der Waals surface area contributed by atoms with Gasteiger partial charge in [-0.1, -0.05) is 38.8 Å². The molecule has 1 aromatic rings. The summed E-state index contributed by atoms with van der Waals surface area (Å²) in [6.07, 6.45) is 8.93. The number of nitrogens with zero attached hydrogens (tertiary/aromatic N) is 4. The average molecular weight is 429 g/mol. The van der Waals surface area contributed by atoms with Crippen molar-refractivity contribution >= 4 is 11.3 Å².